The third-order valence-electron chi connectivity index (χ3n) is 1.98. The Kier molecular flexibility index (Phi) is 3.31. The van der Waals surface area contributed by atoms with Crippen molar-refractivity contribution in [3.8, 4) is 11.5 Å². The van der Waals surface area contributed by atoms with Gasteiger partial charge in [0.1, 0.15) is 5.82 Å². The van der Waals surface area contributed by atoms with E-state index in [-0.39, 0.29) is 11.5 Å². The Balaban J connectivity index is 2.38. The molecule has 0 aliphatic heterocycles. The molecule has 0 amide bonds. The Morgan fingerprint density at radius 3 is 2.94 bits per heavy atom. The molecule has 1 aromatic carbocycles. The van der Waals surface area contributed by atoms with Crippen LogP contribution < -0.4 is 5.73 Å². The van der Waals surface area contributed by atoms with E-state index in [2.05, 4.69) is 26.1 Å². The summed E-state index contributed by atoms with van der Waals surface area (Å²) in [4.78, 5) is 0. The van der Waals surface area contributed by atoms with Gasteiger partial charge in [0, 0.05) is 17.4 Å². The van der Waals surface area contributed by atoms with Gasteiger partial charge in [0.05, 0.1) is 5.56 Å². The van der Waals surface area contributed by atoms with Crippen LogP contribution in [0.25, 0.3) is 11.5 Å². The summed E-state index contributed by atoms with van der Waals surface area (Å²) >= 11 is 3.25. The van der Waals surface area contributed by atoms with E-state index in [1.165, 1.54) is 6.07 Å². The van der Waals surface area contributed by atoms with Crippen molar-refractivity contribution in [2.75, 3.05) is 6.54 Å². The molecule has 0 radical (unpaired) electrons. The van der Waals surface area contributed by atoms with Crippen molar-refractivity contribution in [1.82, 2.24) is 10.2 Å². The fourth-order valence-corrected chi connectivity index (χ4v) is 1.61. The predicted molar refractivity (Wildman–Crippen MR) is 60.2 cm³/mol. The average molecular weight is 286 g/mol. The van der Waals surface area contributed by atoms with Gasteiger partial charge in [-0.15, -0.1) is 10.2 Å². The maximum atomic E-state index is 13.5. The van der Waals surface area contributed by atoms with Gasteiger partial charge >= 0.3 is 0 Å². The lowest BCUT2D eigenvalue weighted by atomic mass is 10.2. The predicted octanol–water partition coefficient (Wildman–Crippen LogP) is 2.14. The maximum absolute atomic E-state index is 13.5. The first-order chi connectivity index (χ1) is 7.70. The smallest absolute Gasteiger partial charge is 0.250 e. The number of nitrogens with two attached hydrogens (primary N) is 1. The molecule has 2 N–H and O–H groups in total. The molecule has 84 valence electrons. The van der Waals surface area contributed by atoms with Gasteiger partial charge < -0.3 is 10.2 Å². The number of hydrogen-bond donors (Lipinski definition) is 1. The summed E-state index contributed by atoms with van der Waals surface area (Å²) in [6.45, 7) is 0.419. The highest BCUT2D eigenvalue weighted by Gasteiger charge is 2.12. The van der Waals surface area contributed by atoms with E-state index in [4.69, 9.17) is 10.2 Å². The molecule has 2 rings (SSSR count). The minimum Gasteiger partial charge on any atom is -0.421 e. The Hall–Kier alpha value is -1.27. The monoisotopic (exact) mass is 285 g/mol. The van der Waals surface area contributed by atoms with Crippen LogP contribution in [-0.2, 0) is 6.42 Å². The molecule has 4 nitrogen and oxygen atoms in total. The molecule has 0 fully saturated rings. The zero-order chi connectivity index (χ0) is 11.5. The number of hydrogen-bond acceptors (Lipinski definition) is 4. The summed E-state index contributed by atoms with van der Waals surface area (Å²) < 4.78 is 19.5. The fraction of sp³-hybridized carbons (Fsp3) is 0.200. The van der Waals surface area contributed by atoms with Crippen LogP contribution in [0.1, 0.15) is 5.89 Å². The minimum atomic E-state index is -0.397. The van der Waals surface area contributed by atoms with Crippen molar-refractivity contribution in [3.63, 3.8) is 0 Å². The lowest BCUT2D eigenvalue weighted by molar-refractivity contribution is 0.503. The molecule has 2 aromatic rings. The molecule has 1 heterocycles. The van der Waals surface area contributed by atoms with Gasteiger partial charge in [0.25, 0.3) is 5.89 Å². The van der Waals surface area contributed by atoms with Crippen molar-refractivity contribution in [2.24, 2.45) is 5.73 Å². The molecule has 0 aliphatic carbocycles. The molecule has 16 heavy (non-hydrogen) atoms. The summed E-state index contributed by atoms with van der Waals surface area (Å²) in [5, 5.41) is 7.55. The van der Waals surface area contributed by atoms with E-state index in [0.29, 0.717) is 18.9 Å². The van der Waals surface area contributed by atoms with E-state index in [9.17, 15) is 4.39 Å². The standard InChI is InChI=1S/C10H9BrFN3O/c11-6-1-2-8(12)7(5-6)10-15-14-9(16-10)3-4-13/h1-2,5H,3-4,13H2. The zero-order valence-corrected chi connectivity index (χ0v) is 9.87. The molecular weight excluding hydrogens is 277 g/mol. The van der Waals surface area contributed by atoms with Crippen molar-refractivity contribution >= 4 is 15.9 Å². The molecule has 0 unspecified atom stereocenters. The van der Waals surface area contributed by atoms with Crippen LogP contribution in [0, 0.1) is 5.82 Å². The third-order valence-corrected chi connectivity index (χ3v) is 2.48. The van der Waals surface area contributed by atoms with Gasteiger partial charge in [-0.1, -0.05) is 15.9 Å². The van der Waals surface area contributed by atoms with E-state index in [0.717, 1.165) is 4.47 Å². The number of benzene rings is 1. The minimum absolute atomic E-state index is 0.169. The summed E-state index contributed by atoms with van der Waals surface area (Å²) in [7, 11) is 0. The number of nitrogens with zero attached hydrogens (tertiary/aromatic N) is 2. The van der Waals surface area contributed by atoms with Crippen LogP contribution in [0.15, 0.2) is 27.1 Å². The van der Waals surface area contributed by atoms with E-state index in [1.807, 2.05) is 0 Å². The molecular formula is C10H9BrFN3O. The van der Waals surface area contributed by atoms with Gasteiger partial charge in [-0.2, -0.15) is 0 Å². The number of aromatic nitrogens is 2. The normalized spacial score (nSPS) is 10.7. The Bertz CT molecular complexity index is 501. The summed E-state index contributed by atoms with van der Waals surface area (Å²) in [5.41, 5.74) is 5.64. The molecule has 0 spiro atoms. The highest BCUT2D eigenvalue weighted by atomic mass is 79.9. The number of rotatable bonds is 3. The molecule has 0 bridgehead atoms. The second kappa shape index (κ2) is 4.71. The number of halogens is 2. The molecule has 0 saturated heterocycles. The first-order valence-corrected chi connectivity index (χ1v) is 5.48. The van der Waals surface area contributed by atoms with Crippen LogP contribution in [-0.4, -0.2) is 16.7 Å². The second-order valence-electron chi connectivity index (χ2n) is 3.16. The molecule has 1 aromatic heterocycles. The van der Waals surface area contributed by atoms with Crippen LogP contribution in [0.5, 0.6) is 0 Å². The lowest BCUT2D eigenvalue weighted by Gasteiger charge is -1.97. The first kappa shape index (κ1) is 11.2. The first-order valence-electron chi connectivity index (χ1n) is 4.68. The molecule has 0 aliphatic rings. The van der Waals surface area contributed by atoms with Crippen LogP contribution in [0.3, 0.4) is 0 Å². The van der Waals surface area contributed by atoms with Crippen LogP contribution >= 0.6 is 15.9 Å². The van der Waals surface area contributed by atoms with Crippen molar-refractivity contribution in [2.45, 2.75) is 6.42 Å². The summed E-state index contributed by atoms with van der Waals surface area (Å²) in [6, 6.07) is 4.54. The van der Waals surface area contributed by atoms with Gasteiger partial charge in [0.15, 0.2) is 0 Å². The van der Waals surface area contributed by atoms with Crippen molar-refractivity contribution in [1.29, 1.82) is 0 Å². The van der Waals surface area contributed by atoms with Gasteiger partial charge in [0.2, 0.25) is 5.89 Å². The van der Waals surface area contributed by atoms with E-state index in [1.54, 1.807) is 12.1 Å². The fourth-order valence-electron chi connectivity index (χ4n) is 1.25. The van der Waals surface area contributed by atoms with E-state index < -0.39 is 5.82 Å². The summed E-state index contributed by atoms with van der Waals surface area (Å²) in [5.74, 6) is 0.185. The van der Waals surface area contributed by atoms with Gasteiger partial charge in [-0.25, -0.2) is 4.39 Å². The van der Waals surface area contributed by atoms with Gasteiger partial charge in [-0.3, -0.25) is 0 Å². The second-order valence-corrected chi connectivity index (χ2v) is 4.08. The van der Waals surface area contributed by atoms with Crippen LogP contribution in [0.2, 0.25) is 0 Å². The van der Waals surface area contributed by atoms with Crippen molar-refractivity contribution in [3.05, 3.63) is 34.4 Å². The zero-order valence-electron chi connectivity index (χ0n) is 8.28. The highest BCUT2D eigenvalue weighted by molar-refractivity contribution is 9.10. The highest BCUT2D eigenvalue weighted by Crippen LogP contribution is 2.25. The molecule has 0 saturated carbocycles. The largest absolute Gasteiger partial charge is 0.421 e. The maximum Gasteiger partial charge on any atom is 0.250 e. The van der Waals surface area contributed by atoms with Crippen molar-refractivity contribution < 1.29 is 8.81 Å². The lowest BCUT2D eigenvalue weighted by Crippen LogP contribution is -2.02. The Morgan fingerprint density at radius 1 is 1.38 bits per heavy atom. The topological polar surface area (TPSA) is 64.9 Å². The Morgan fingerprint density at radius 2 is 2.19 bits per heavy atom. The third kappa shape index (κ3) is 2.28. The molecule has 6 heteroatoms. The van der Waals surface area contributed by atoms with Gasteiger partial charge in [-0.05, 0) is 18.2 Å². The Labute approximate surface area is 99.8 Å². The summed E-state index contributed by atoms with van der Waals surface area (Å²) in [6.07, 6.45) is 0.489. The SMILES string of the molecule is NCCc1nnc(-c2cc(Br)ccc2F)o1. The van der Waals surface area contributed by atoms with E-state index >= 15 is 0 Å². The van der Waals surface area contributed by atoms with Crippen LogP contribution in [0.4, 0.5) is 4.39 Å². The molecule has 0 atom stereocenters. The quantitative estimate of drug-likeness (QED) is 0.938. The average Bonchev–Trinajstić information content (AvgIpc) is 2.71.